The van der Waals surface area contributed by atoms with Gasteiger partial charge < -0.3 is 10.2 Å². The van der Waals surface area contributed by atoms with Crippen molar-refractivity contribution >= 4 is 17.4 Å². The van der Waals surface area contributed by atoms with E-state index in [1.807, 2.05) is 22.9 Å². The molecule has 150 valence electrons. The Morgan fingerprint density at radius 3 is 2.71 bits per heavy atom. The van der Waals surface area contributed by atoms with Crippen LogP contribution in [0.1, 0.15) is 32.2 Å². The molecule has 0 radical (unpaired) electrons. The maximum Gasteiger partial charge on any atom is 0.239 e. The smallest absolute Gasteiger partial charge is 0.239 e. The van der Waals surface area contributed by atoms with Crippen LogP contribution in [0.2, 0.25) is 0 Å². The van der Waals surface area contributed by atoms with E-state index in [9.17, 15) is 9.18 Å². The van der Waals surface area contributed by atoms with Crippen molar-refractivity contribution in [1.82, 2.24) is 14.7 Å². The number of hydrogen-bond acceptors (Lipinski definition) is 4. The molecule has 6 nitrogen and oxygen atoms in total. The van der Waals surface area contributed by atoms with Crippen molar-refractivity contribution in [2.45, 2.75) is 32.2 Å². The molecule has 1 aliphatic carbocycles. The molecule has 2 aromatic rings. The highest BCUT2D eigenvalue weighted by Gasteiger charge is 2.30. The topological polar surface area (TPSA) is 53.4 Å². The first kappa shape index (κ1) is 18.9. The van der Waals surface area contributed by atoms with Crippen LogP contribution < -0.4 is 10.2 Å². The quantitative estimate of drug-likeness (QED) is 0.830. The first-order chi connectivity index (χ1) is 13.6. The third kappa shape index (κ3) is 4.52. The Kier molecular flexibility index (Phi) is 5.62. The number of nitrogens with one attached hydrogen (secondary N) is 1. The Hall–Kier alpha value is -2.41. The van der Waals surface area contributed by atoms with Crippen LogP contribution in [0.15, 0.2) is 36.5 Å². The molecule has 1 atom stereocenters. The zero-order chi connectivity index (χ0) is 19.5. The second kappa shape index (κ2) is 8.31. The molecule has 1 aromatic carbocycles. The predicted molar refractivity (Wildman–Crippen MR) is 108 cm³/mol. The monoisotopic (exact) mass is 385 g/mol. The fourth-order valence-electron chi connectivity index (χ4n) is 3.94. The number of anilines is 2. The van der Waals surface area contributed by atoms with E-state index in [4.69, 9.17) is 0 Å². The average molecular weight is 385 g/mol. The van der Waals surface area contributed by atoms with Crippen molar-refractivity contribution in [2.75, 3.05) is 42.9 Å². The number of nitrogens with zero attached hydrogens (tertiary/aromatic N) is 4. The van der Waals surface area contributed by atoms with Crippen LogP contribution in [0, 0.1) is 11.7 Å². The fraction of sp³-hybridized carbons (Fsp3) is 0.524. The van der Waals surface area contributed by atoms with E-state index >= 15 is 0 Å². The van der Waals surface area contributed by atoms with E-state index in [2.05, 4.69) is 27.1 Å². The lowest BCUT2D eigenvalue weighted by Gasteiger charge is -2.23. The maximum atomic E-state index is 13.1. The summed E-state index contributed by atoms with van der Waals surface area (Å²) < 4.78 is 15.1. The molecular formula is C21H28FN5O. The highest BCUT2D eigenvalue weighted by atomic mass is 19.1. The summed E-state index contributed by atoms with van der Waals surface area (Å²) in [5.41, 5.74) is 1.03. The molecule has 28 heavy (non-hydrogen) atoms. The molecule has 4 rings (SSSR count). The van der Waals surface area contributed by atoms with Crippen molar-refractivity contribution in [2.24, 2.45) is 5.92 Å². The molecule has 2 fully saturated rings. The van der Waals surface area contributed by atoms with Crippen LogP contribution in [-0.2, 0) is 4.79 Å². The van der Waals surface area contributed by atoms with E-state index < -0.39 is 0 Å². The summed E-state index contributed by atoms with van der Waals surface area (Å²) in [4.78, 5) is 17.0. The second-order valence-corrected chi connectivity index (χ2v) is 7.88. The van der Waals surface area contributed by atoms with Gasteiger partial charge in [-0.1, -0.05) is 0 Å². The normalized spacial score (nSPS) is 19.3. The lowest BCUT2D eigenvalue weighted by molar-refractivity contribution is -0.117. The second-order valence-electron chi connectivity index (χ2n) is 7.88. The van der Waals surface area contributed by atoms with Crippen molar-refractivity contribution in [3.05, 3.63) is 42.3 Å². The summed E-state index contributed by atoms with van der Waals surface area (Å²) in [5, 5.41) is 7.43. The van der Waals surface area contributed by atoms with Gasteiger partial charge in [-0.05, 0) is 56.4 Å². The Balaban J connectivity index is 1.30. The van der Waals surface area contributed by atoms with E-state index in [0.29, 0.717) is 18.5 Å². The molecule has 1 N–H and O–H groups in total. The van der Waals surface area contributed by atoms with Crippen molar-refractivity contribution < 1.29 is 9.18 Å². The van der Waals surface area contributed by atoms with Gasteiger partial charge >= 0.3 is 0 Å². The summed E-state index contributed by atoms with van der Waals surface area (Å²) in [6.07, 6.45) is 5.21. The number of halogens is 1. The van der Waals surface area contributed by atoms with Gasteiger partial charge in [0.05, 0.1) is 18.8 Å². The largest absolute Gasteiger partial charge is 0.370 e. The minimum atomic E-state index is -0.216. The lowest BCUT2D eigenvalue weighted by Crippen LogP contribution is -2.36. The standard InChI is InChI=1S/C21H28FN5O/c1-16(17-3-4-17)27-20(9-10-23-27)24-21(28)15-25-11-2-12-26(14-13-25)19-7-5-18(22)6-8-19/h5-10,16-17H,2-4,11-15H2,1H3,(H,24,28). The van der Waals surface area contributed by atoms with Crippen molar-refractivity contribution in [3.63, 3.8) is 0 Å². The van der Waals surface area contributed by atoms with Gasteiger partial charge in [0, 0.05) is 37.9 Å². The van der Waals surface area contributed by atoms with Gasteiger partial charge in [0.15, 0.2) is 0 Å². The molecule has 1 aromatic heterocycles. The average Bonchev–Trinajstić information content (AvgIpc) is 3.47. The van der Waals surface area contributed by atoms with Crippen LogP contribution >= 0.6 is 0 Å². The lowest BCUT2D eigenvalue weighted by atomic mass is 10.2. The van der Waals surface area contributed by atoms with E-state index in [1.54, 1.807) is 6.20 Å². The van der Waals surface area contributed by atoms with Gasteiger partial charge in [-0.2, -0.15) is 5.10 Å². The number of hydrogen-bond donors (Lipinski definition) is 1. The number of rotatable bonds is 6. The molecule has 2 heterocycles. The highest BCUT2D eigenvalue weighted by molar-refractivity contribution is 5.91. The minimum absolute atomic E-state index is 0.0000193. The highest BCUT2D eigenvalue weighted by Crippen LogP contribution is 2.40. The maximum absolute atomic E-state index is 13.1. The zero-order valence-corrected chi connectivity index (χ0v) is 16.4. The number of carbonyl (C=O) groups is 1. The Bertz CT molecular complexity index is 801. The van der Waals surface area contributed by atoms with Gasteiger partial charge in [-0.15, -0.1) is 0 Å². The van der Waals surface area contributed by atoms with Crippen LogP contribution in [0.4, 0.5) is 15.9 Å². The van der Waals surface area contributed by atoms with Gasteiger partial charge in [0.25, 0.3) is 0 Å². The van der Waals surface area contributed by atoms with E-state index in [0.717, 1.165) is 44.1 Å². The van der Waals surface area contributed by atoms with Crippen LogP contribution in [0.25, 0.3) is 0 Å². The third-order valence-electron chi connectivity index (χ3n) is 5.78. The van der Waals surface area contributed by atoms with Crippen LogP contribution in [0.3, 0.4) is 0 Å². The summed E-state index contributed by atoms with van der Waals surface area (Å²) >= 11 is 0. The molecule has 0 bridgehead atoms. The zero-order valence-electron chi connectivity index (χ0n) is 16.4. The first-order valence-corrected chi connectivity index (χ1v) is 10.2. The van der Waals surface area contributed by atoms with Crippen molar-refractivity contribution in [1.29, 1.82) is 0 Å². The fourth-order valence-corrected chi connectivity index (χ4v) is 3.94. The SMILES string of the molecule is CC(C1CC1)n1nccc1NC(=O)CN1CCCN(c2ccc(F)cc2)CC1. The minimum Gasteiger partial charge on any atom is -0.370 e. The van der Waals surface area contributed by atoms with Gasteiger partial charge in [-0.25, -0.2) is 9.07 Å². The Morgan fingerprint density at radius 1 is 1.18 bits per heavy atom. The molecule has 2 aliphatic rings. The van der Waals surface area contributed by atoms with Crippen LogP contribution in [-0.4, -0.2) is 53.3 Å². The molecule has 1 aliphatic heterocycles. The third-order valence-corrected chi connectivity index (χ3v) is 5.78. The van der Waals surface area contributed by atoms with Crippen molar-refractivity contribution in [3.8, 4) is 0 Å². The van der Waals surface area contributed by atoms with Gasteiger partial charge in [-0.3, -0.25) is 9.69 Å². The predicted octanol–water partition coefficient (Wildman–Crippen LogP) is 3.14. The molecule has 1 saturated heterocycles. The van der Waals surface area contributed by atoms with E-state index in [1.165, 1.54) is 25.0 Å². The first-order valence-electron chi connectivity index (χ1n) is 10.2. The molecule has 1 saturated carbocycles. The molecule has 1 amide bonds. The van der Waals surface area contributed by atoms with Gasteiger partial charge in [0.2, 0.25) is 5.91 Å². The molecule has 7 heteroatoms. The van der Waals surface area contributed by atoms with E-state index in [-0.39, 0.29) is 11.7 Å². The Morgan fingerprint density at radius 2 is 1.96 bits per heavy atom. The number of amides is 1. The summed E-state index contributed by atoms with van der Waals surface area (Å²) in [5.74, 6) is 1.25. The van der Waals surface area contributed by atoms with Crippen LogP contribution in [0.5, 0.6) is 0 Å². The summed E-state index contributed by atoms with van der Waals surface area (Å²) in [7, 11) is 0. The van der Waals surface area contributed by atoms with Gasteiger partial charge in [0.1, 0.15) is 11.6 Å². The summed E-state index contributed by atoms with van der Waals surface area (Å²) in [6.45, 7) is 5.97. The number of aromatic nitrogens is 2. The molecular weight excluding hydrogens is 357 g/mol. The molecule has 1 unspecified atom stereocenters. The Labute approximate surface area is 165 Å². The number of carbonyl (C=O) groups excluding carboxylic acids is 1. The number of benzene rings is 1. The summed E-state index contributed by atoms with van der Waals surface area (Å²) in [6, 6.07) is 8.83. The molecule has 0 spiro atoms.